The molecule has 0 unspecified atom stereocenters. The van der Waals surface area contributed by atoms with E-state index in [4.69, 9.17) is 0 Å². The van der Waals surface area contributed by atoms with E-state index in [9.17, 15) is 13.6 Å². The van der Waals surface area contributed by atoms with E-state index >= 15 is 0 Å². The molecule has 0 heterocycles. The molecule has 2 aromatic carbocycles. The fourth-order valence-corrected chi connectivity index (χ4v) is 3.25. The zero-order valence-corrected chi connectivity index (χ0v) is 14.1. The maximum absolute atomic E-state index is 14.3. The van der Waals surface area contributed by atoms with Crippen LogP contribution in [0.3, 0.4) is 0 Å². The van der Waals surface area contributed by atoms with Crippen molar-refractivity contribution in [2.45, 2.75) is 32.1 Å². The van der Waals surface area contributed by atoms with Crippen molar-refractivity contribution in [1.29, 1.82) is 0 Å². The first-order valence-corrected chi connectivity index (χ1v) is 8.73. The van der Waals surface area contributed by atoms with E-state index < -0.39 is 11.6 Å². The number of nitrogens with one attached hydrogen (secondary N) is 1. The normalized spacial score (nSPS) is 15.1. The molecule has 0 spiro atoms. The summed E-state index contributed by atoms with van der Waals surface area (Å²) in [6, 6.07) is 11.9. The van der Waals surface area contributed by atoms with Crippen molar-refractivity contribution < 1.29 is 13.6 Å². The van der Waals surface area contributed by atoms with Gasteiger partial charge in [-0.1, -0.05) is 37.5 Å². The van der Waals surface area contributed by atoms with Gasteiger partial charge in [-0.15, -0.1) is 0 Å². The van der Waals surface area contributed by atoms with Crippen LogP contribution in [-0.4, -0.2) is 12.5 Å². The van der Waals surface area contributed by atoms with Crippen LogP contribution < -0.4 is 10.4 Å². The third-order valence-electron chi connectivity index (χ3n) is 4.64. The first-order valence-electron chi connectivity index (χ1n) is 8.73. The molecule has 0 radical (unpaired) electrons. The summed E-state index contributed by atoms with van der Waals surface area (Å²) in [7, 11) is 0. The van der Waals surface area contributed by atoms with Crippen molar-refractivity contribution >= 4 is 11.6 Å². The van der Waals surface area contributed by atoms with E-state index in [0.29, 0.717) is 18.0 Å². The van der Waals surface area contributed by atoms with Gasteiger partial charge < -0.3 is 0 Å². The first kappa shape index (κ1) is 17.5. The highest BCUT2D eigenvalue weighted by atomic mass is 19.1. The molecule has 1 amide bonds. The Kier molecular flexibility index (Phi) is 5.76. The van der Waals surface area contributed by atoms with Gasteiger partial charge in [0.2, 0.25) is 0 Å². The molecule has 0 atom stereocenters. The number of amides is 1. The summed E-state index contributed by atoms with van der Waals surface area (Å²) < 4.78 is 27.5. The monoisotopic (exact) mass is 344 g/mol. The van der Waals surface area contributed by atoms with E-state index in [1.807, 2.05) is 6.07 Å². The van der Waals surface area contributed by atoms with Crippen LogP contribution in [0.4, 0.5) is 14.5 Å². The number of hydrogen-bond acceptors (Lipinski definition) is 2. The second-order valence-electron chi connectivity index (χ2n) is 6.47. The molecule has 1 N–H and O–H groups in total. The van der Waals surface area contributed by atoms with Gasteiger partial charge in [0, 0.05) is 18.2 Å². The lowest BCUT2D eigenvalue weighted by Crippen LogP contribution is -2.46. The van der Waals surface area contributed by atoms with Crippen LogP contribution in [0.5, 0.6) is 0 Å². The summed E-state index contributed by atoms with van der Waals surface area (Å²) in [4.78, 5) is 12.9. The maximum Gasteiger partial charge on any atom is 0.272 e. The molecule has 0 aromatic heterocycles. The number of benzene rings is 2. The van der Waals surface area contributed by atoms with Crippen LogP contribution in [0, 0.1) is 17.6 Å². The molecule has 3 rings (SSSR count). The molecule has 1 fully saturated rings. The van der Waals surface area contributed by atoms with Crippen molar-refractivity contribution in [3.63, 3.8) is 0 Å². The van der Waals surface area contributed by atoms with Crippen LogP contribution in [-0.2, 0) is 0 Å². The average molecular weight is 344 g/mol. The van der Waals surface area contributed by atoms with Gasteiger partial charge in [0.1, 0.15) is 5.82 Å². The average Bonchev–Trinajstić information content (AvgIpc) is 2.64. The fourth-order valence-electron chi connectivity index (χ4n) is 3.25. The van der Waals surface area contributed by atoms with Crippen molar-refractivity contribution in [3.8, 4) is 0 Å². The molecule has 3 nitrogen and oxygen atoms in total. The third kappa shape index (κ3) is 4.42. The van der Waals surface area contributed by atoms with Gasteiger partial charge in [0.25, 0.3) is 5.91 Å². The van der Waals surface area contributed by atoms with E-state index in [0.717, 1.165) is 25.0 Å². The van der Waals surface area contributed by atoms with Crippen molar-refractivity contribution in [1.82, 2.24) is 5.43 Å². The highest BCUT2D eigenvalue weighted by molar-refractivity contribution is 6.05. The third-order valence-corrected chi connectivity index (χ3v) is 4.64. The van der Waals surface area contributed by atoms with Gasteiger partial charge in [-0.05, 0) is 43.0 Å². The van der Waals surface area contributed by atoms with Gasteiger partial charge in [-0.2, -0.15) is 0 Å². The molecule has 5 heteroatoms. The topological polar surface area (TPSA) is 32.3 Å². The number of carbonyl (C=O) groups is 1. The Labute approximate surface area is 146 Å². The fraction of sp³-hybridized carbons (Fsp3) is 0.350. The quantitative estimate of drug-likeness (QED) is 0.798. The summed E-state index contributed by atoms with van der Waals surface area (Å²) in [6.45, 7) is 0.593. The molecule has 132 valence electrons. The van der Waals surface area contributed by atoms with E-state index in [1.165, 1.54) is 30.3 Å². The van der Waals surface area contributed by atoms with E-state index in [2.05, 4.69) is 5.43 Å². The number of anilines is 1. The van der Waals surface area contributed by atoms with Crippen LogP contribution >= 0.6 is 0 Å². The van der Waals surface area contributed by atoms with Gasteiger partial charge in [0.05, 0.1) is 5.69 Å². The highest BCUT2D eigenvalue weighted by Gasteiger charge is 2.23. The second-order valence-corrected chi connectivity index (χ2v) is 6.47. The first-order chi connectivity index (χ1) is 12.1. The van der Waals surface area contributed by atoms with Crippen LogP contribution in [0.15, 0.2) is 48.5 Å². The molecule has 0 saturated heterocycles. The number of rotatable bonds is 5. The van der Waals surface area contributed by atoms with E-state index in [1.54, 1.807) is 24.3 Å². The Morgan fingerprint density at radius 3 is 2.44 bits per heavy atom. The Morgan fingerprint density at radius 2 is 1.76 bits per heavy atom. The van der Waals surface area contributed by atoms with Gasteiger partial charge in [-0.3, -0.25) is 4.79 Å². The maximum atomic E-state index is 14.3. The molecular weight excluding hydrogens is 322 g/mol. The SMILES string of the molecule is O=C(c1ccccc1)N(NCC1CCCCC1)c1ccc(F)cc1F. The summed E-state index contributed by atoms with van der Waals surface area (Å²) in [5, 5.41) is 1.21. The lowest BCUT2D eigenvalue weighted by Gasteiger charge is -2.28. The highest BCUT2D eigenvalue weighted by Crippen LogP contribution is 2.25. The number of carbonyl (C=O) groups excluding carboxylic acids is 1. The minimum Gasteiger partial charge on any atom is -0.267 e. The Hall–Kier alpha value is -2.27. The lowest BCUT2D eigenvalue weighted by molar-refractivity contribution is 0.0970. The summed E-state index contributed by atoms with van der Waals surface area (Å²) >= 11 is 0. The molecule has 1 aliphatic carbocycles. The van der Waals surface area contributed by atoms with Gasteiger partial charge in [0.15, 0.2) is 5.82 Å². The summed E-state index contributed by atoms with van der Waals surface area (Å²) in [5.41, 5.74) is 3.57. The number of hydrazine groups is 1. The standard InChI is InChI=1S/C20H22F2N2O/c21-17-11-12-19(18(22)13-17)24(20(25)16-9-5-2-6-10-16)23-14-15-7-3-1-4-8-15/h2,5-6,9-13,15,23H,1,3-4,7-8,14H2. The van der Waals surface area contributed by atoms with Crippen LogP contribution in [0.25, 0.3) is 0 Å². The molecular formula is C20H22F2N2O. The van der Waals surface area contributed by atoms with Gasteiger partial charge in [-0.25, -0.2) is 19.2 Å². The molecule has 2 aromatic rings. The molecule has 1 saturated carbocycles. The zero-order valence-electron chi connectivity index (χ0n) is 14.1. The number of hydrogen-bond donors (Lipinski definition) is 1. The minimum absolute atomic E-state index is 0.0334. The predicted molar refractivity (Wildman–Crippen MR) is 94.2 cm³/mol. The summed E-state index contributed by atoms with van der Waals surface area (Å²) in [6.07, 6.45) is 5.82. The largest absolute Gasteiger partial charge is 0.272 e. The lowest BCUT2D eigenvalue weighted by atomic mass is 9.89. The smallest absolute Gasteiger partial charge is 0.267 e. The van der Waals surface area contributed by atoms with Gasteiger partial charge >= 0.3 is 0 Å². The molecule has 1 aliphatic rings. The number of halogens is 2. The Morgan fingerprint density at radius 1 is 1.04 bits per heavy atom. The second kappa shape index (κ2) is 8.21. The molecule has 0 bridgehead atoms. The van der Waals surface area contributed by atoms with Crippen LogP contribution in [0.1, 0.15) is 42.5 Å². The van der Waals surface area contributed by atoms with Crippen molar-refractivity contribution in [2.24, 2.45) is 5.92 Å². The Bertz CT molecular complexity index is 715. The molecule has 0 aliphatic heterocycles. The van der Waals surface area contributed by atoms with Crippen molar-refractivity contribution in [2.75, 3.05) is 11.6 Å². The molecule has 25 heavy (non-hydrogen) atoms. The van der Waals surface area contributed by atoms with Crippen LogP contribution in [0.2, 0.25) is 0 Å². The summed E-state index contributed by atoms with van der Waals surface area (Å²) in [5.74, 6) is -1.33. The number of nitrogens with zero attached hydrogens (tertiary/aromatic N) is 1. The Balaban J connectivity index is 1.83. The zero-order chi connectivity index (χ0) is 17.6. The predicted octanol–water partition coefficient (Wildman–Crippen LogP) is 4.70. The minimum atomic E-state index is -0.763. The van der Waals surface area contributed by atoms with E-state index in [-0.39, 0.29) is 11.6 Å². The van der Waals surface area contributed by atoms with Crippen molar-refractivity contribution in [3.05, 3.63) is 65.7 Å².